The van der Waals surface area contributed by atoms with E-state index in [0.717, 1.165) is 0 Å². The van der Waals surface area contributed by atoms with E-state index in [1.807, 2.05) is 6.07 Å². The van der Waals surface area contributed by atoms with Crippen LogP contribution in [0.1, 0.15) is 0 Å². The van der Waals surface area contributed by atoms with Crippen LogP contribution in [0.4, 0.5) is 11.4 Å². The zero-order valence-corrected chi connectivity index (χ0v) is 15.8. The lowest BCUT2D eigenvalue weighted by atomic mass is 10.2. The van der Waals surface area contributed by atoms with Crippen LogP contribution in [0, 0.1) is 11.3 Å². The van der Waals surface area contributed by atoms with Crippen molar-refractivity contribution in [3.63, 3.8) is 0 Å². The van der Waals surface area contributed by atoms with Gasteiger partial charge in [-0.25, -0.2) is 0 Å². The van der Waals surface area contributed by atoms with Crippen LogP contribution in [0.2, 0.25) is 5.02 Å². The summed E-state index contributed by atoms with van der Waals surface area (Å²) in [6, 6.07) is 11.8. The van der Waals surface area contributed by atoms with E-state index in [1.54, 1.807) is 36.4 Å². The number of benzene rings is 2. The van der Waals surface area contributed by atoms with Gasteiger partial charge in [0.1, 0.15) is 17.4 Å². The fourth-order valence-electron chi connectivity index (χ4n) is 2.17. The maximum absolute atomic E-state index is 12.3. The van der Waals surface area contributed by atoms with Gasteiger partial charge in [-0.05, 0) is 30.3 Å². The van der Waals surface area contributed by atoms with E-state index in [2.05, 4.69) is 10.6 Å². The Hall–Kier alpha value is -3.37. The topological polar surface area (TPSA) is 92.6 Å². The molecule has 0 unspecified atom stereocenters. The lowest BCUT2D eigenvalue weighted by Crippen LogP contribution is -2.14. The summed E-state index contributed by atoms with van der Waals surface area (Å²) in [6.45, 7) is 0. The van der Waals surface area contributed by atoms with Crippen molar-refractivity contribution in [3.05, 3.63) is 53.2 Å². The minimum atomic E-state index is -0.572. The quantitative estimate of drug-likeness (QED) is 0.554. The van der Waals surface area contributed by atoms with E-state index in [4.69, 9.17) is 25.8 Å². The van der Waals surface area contributed by atoms with Gasteiger partial charge in [-0.1, -0.05) is 11.6 Å². The highest BCUT2D eigenvalue weighted by Gasteiger charge is 2.12. The van der Waals surface area contributed by atoms with Crippen molar-refractivity contribution in [2.24, 2.45) is 0 Å². The van der Waals surface area contributed by atoms with Crippen molar-refractivity contribution < 1.29 is 19.0 Å². The van der Waals surface area contributed by atoms with Crippen LogP contribution in [-0.4, -0.2) is 27.2 Å². The summed E-state index contributed by atoms with van der Waals surface area (Å²) in [6.07, 6.45) is 1.30. The van der Waals surface area contributed by atoms with Gasteiger partial charge >= 0.3 is 0 Å². The van der Waals surface area contributed by atoms with Gasteiger partial charge < -0.3 is 24.8 Å². The number of hydrogen-bond donors (Lipinski definition) is 2. The number of ether oxygens (including phenoxy) is 3. The summed E-state index contributed by atoms with van der Waals surface area (Å²) in [7, 11) is 4.53. The first-order chi connectivity index (χ1) is 13.0. The van der Waals surface area contributed by atoms with Gasteiger partial charge in [0.25, 0.3) is 5.91 Å². The molecule has 0 aliphatic carbocycles. The van der Waals surface area contributed by atoms with Crippen LogP contribution in [0.15, 0.2) is 48.2 Å². The van der Waals surface area contributed by atoms with E-state index in [1.165, 1.54) is 27.5 Å². The smallest absolute Gasteiger partial charge is 0.267 e. The van der Waals surface area contributed by atoms with Crippen molar-refractivity contribution in [1.82, 2.24) is 0 Å². The Morgan fingerprint density at radius 3 is 2.22 bits per heavy atom. The maximum Gasteiger partial charge on any atom is 0.267 e. The van der Waals surface area contributed by atoms with Crippen molar-refractivity contribution >= 4 is 28.9 Å². The number of rotatable bonds is 7. The zero-order valence-electron chi connectivity index (χ0n) is 15.0. The van der Waals surface area contributed by atoms with E-state index >= 15 is 0 Å². The third-order valence-electron chi connectivity index (χ3n) is 3.54. The van der Waals surface area contributed by atoms with Crippen molar-refractivity contribution in [2.75, 3.05) is 32.0 Å². The van der Waals surface area contributed by atoms with Crippen molar-refractivity contribution in [1.29, 1.82) is 5.26 Å². The lowest BCUT2D eigenvalue weighted by Gasteiger charge is -2.10. The molecule has 8 heteroatoms. The number of nitriles is 1. The second-order valence-electron chi connectivity index (χ2n) is 5.19. The monoisotopic (exact) mass is 387 g/mol. The van der Waals surface area contributed by atoms with Gasteiger partial charge in [0.15, 0.2) is 11.5 Å². The van der Waals surface area contributed by atoms with Crippen LogP contribution in [-0.2, 0) is 4.79 Å². The molecular weight excluding hydrogens is 370 g/mol. The van der Waals surface area contributed by atoms with Crippen LogP contribution < -0.4 is 24.8 Å². The Balaban J connectivity index is 2.12. The van der Waals surface area contributed by atoms with Gasteiger partial charge in [-0.3, -0.25) is 4.79 Å². The number of halogens is 1. The van der Waals surface area contributed by atoms with Gasteiger partial charge in [-0.15, -0.1) is 0 Å². The Morgan fingerprint density at radius 1 is 1.00 bits per heavy atom. The van der Waals surface area contributed by atoms with Crippen LogP contribution in [0.5, 0.6) is 17.2 Å². The number of carbonyl (C=O) groups excluding carboxylic acids is 1. The average Bonchev–Trinajstić information content (AvgIpc) is 2.68. The average molecular weight is 388 g/mol. The van der Waals surface area contributed by atoms with E-state index in [0.29, 0.717) is 33.6 Å². The molecular formula is C19H18ClN3O4. The molecule has 140 valence electrons. The molecule has 27 heavy (non-hydrogen) atoms. The number of carbonyl (C=O) groups is 1. The summed E-state index contributed by atoms with van der Waals surface area (Å²) < 4.78 is 15.4. The minimum absolute atomic E-state index is 0.114. The van der Waals surface area contributed by atoms with Crippen LogP contribution in [0.3, 0.4) is 0 Å². The number of methoxy groups -OCH3 is 3. The predicted octanol–water partition coefficient (Wildman–Crippen LogP) is 3.82. The third kappa shape index (κ3) is 5.06. The molecule has 0 aliphatic rings. The first kappa shape index (κ1) is 19.9. The standard InChI is InChI=1S/C19H18ClN3O4/c1-25-16-6-4-13(8-15(16)20)22-11-12(10-21)19(24)23-14-5-7-17(26-2)18(9-14)27-3/h4-9,11,22H,1-3H3,(H,23,24)/b12-11-. The predicted molar refractivity (Wildman–Crippen MR) is 103 cm³/mol. The summed E-state index contributed by atoms with van der Waals surface area (Å²) in [4.78, 5) is 12.3. The molecule has 2 N–H and O–H groups in total. The molecule has 0 fully saturated rings. The molecule has 0 aliphatic heterocycles. The van der Waals surface area contributed by atoms with Crippen molar-refractivity contribution in [3.8, 4) is 23.3 Å². The summed E-state index contributed by atoms with van der Waals surface area (Å²) in [5.74, 6) is 0.947. The number of nitrogens with zero attached hydrogens (tertiary/aromatic N) is 1. The number of amides is 1. The molecule has 2 aromatic rings. The van der Waals surface area contributed by atoms with Gasteiger partial charge in [-0.2, -0.15) is 5.26 Å². The fourth-order valence-corrected chi connectivity index (χ4v) is 2.43. The molecule has 2 rings (SSSR count). The fraction of sp³-hybridized carbons (Fsp3) is 0.158. The first-order valence-electron chi connectivity index (χ1n) is 7.76. The Labute approximate surface area is 162 Å². The summed E-state index contributed by atoms with van der Waals surface area (Å²) in [5.41, 5.74) is 0.954. The zero-order chi connectivity index (χ0) is 19.8. The van der Waals surface area contributed by atoms with Gasteiger partial charge in [0.2, 0.25) is 0 Å². The molecule has 0 heterocycles. The molecule has 0 radical (unpaired) electrons. The number of hydrogen-bond acceptors (Lipinski definition) is 6. The largest absolute Gasteiger partial charge is 0.495 e. The van der Waals surface area contributed by atoms with Gasteiger partial charge in [0, 0.05) is 23.6 Å². The number of nitrogens with one attached hydrogen (secondary N) is 2. The normalized spacial score (nSPS) is 10.6. The first-order valence-corrected chi connectivity index (χ1v) is 8.14. The van der Waals surface area contributed by atoms with Crippen LogP contribution >= 0.6 is 11.6 Å². The molecule has 0 atom stereocenters. The second-order valence-corrected chi connectivity index (χ2v) is 5.59. The second kappa shape index (κ2) is 9.36. The molecule has 0 bridgehead atoms. The van der Waals surface area contributed by atoms with Gasteiger partial charge in [0.05, 0.1) is 26.4 Å². The molecule has 0 saturated heterocycles. The Bertz CT molecular complexity index is 906. The minimum Gasteiger partial charge on any atom is -0.495 e. The third-order valence-corrected chi connectivity index (χ3v) is 3.84. The molecule has 0 spiro atoms. The molecule has 1 amide bonds. The van der Waals surface area contributed by atoms with E-state index in [-0.39, 0.29) is 5.57 Å². The summed E-state index contributed by atoms with van der Waals surface area (Å²) in [5, 5.41) is 15.2. The van der Waals surface area contributed by atoms with Crippen molar-refractivity contribution in [2.45, 2.75) is 0 Å². The highest BCUT2D eigenvalue weighted by Crippen LogP contribution is 2.30. The van der Waals surface area contributed by atoms with E-state index < -0.39 is 5.91 Å². The molecule has 2 aromatic carbocycles. The molecule has 0 saturated carbocycles. The van der Waals surface area contributed by atoms with E-state index in [9.17, 15) is 10.1 Å². The summed E-state index contributed by atoms with van der Waals surface area (Å²) >= 11 is 6.05. The lowest BCUT2D eigenvalue weighted by molar-refractivity contribution is -0.112. The highest BCUT2D eigenvalue weighted by molar-refractivity contribution is 6.32. The Morgan fingerprint density at radius 2 is 1.63 bits per heavy atom. The molecule has 7 nitrogen and oxygen atoms in total. The highest BCUT2D eigenvalue weighted by atomic mass is 35.5. The maximum atomic E-state index is 12.3. The number of anilines is 2. The van der Waals surface area contributed by atoms with Crippen LogP contribution in [0.25, 0.3) is 0 Å². The SMILES string of the molecule is COc1ccc(N/C=C(/C#N)C(=O)Nc2ccc(OC)c(OC)c2)cc1Cl. The Kier molecular flexibility index (Phi) is 6.92. The molecule has 0 aromatic heterocycles.